The quantitative estimate of drug-likeness (QED) is 0.889. The summed E-state index contributed by atoms with van der Waals surface area (Å²) in [5.41, 5.74) is 0.314. The van der Waals surface area contributed by atoms with E-state index in [1.54, 1.807) is 6.07 Å². The van der Waals surface area contributed by atoms with Crippen LogP contribution in [0, 0.1) is 0 Å². The van der Waals surface area contributed by atoms with E-state index in [1.165, 1.54) is 0 Å². The number of rotatable bonds is 3. The number of carbonyl (C=O) groups is 1. The lowest BCUT2D eigenvalue weighted by Crippen LogP contribution is -2.50. The van der Waals surface area contributed by atoms with E-state index in [0.29, 0.717) is 5.02 Å². The monoisotopic (exact) mass is 330 g/mol. The summed E-state index contributed by atoms with van der Waals surface area (Å²) in [6.07, 6.45) is 2.73. The van der Waals surface area contributed by atoms with Crippen LogP contribution in [0.5, 0.6) is 0 Å². The van der Waals surface area contributed by atoms with E-state index >= 15 is 0 Å². The highest BCUT2D eigenvalue weighted by Crippen LogP contribution is 2.28. The first-order chi connectivity index (χ1) is 8.57. The maximum atomic E-state index is 12.3. The molecule has 2 rings (SSSR count). The van der Waals surface area contributed by atoms with Crippen LogP contribution in [0.15, 0.2) is 22.7 Å². The molecule has 0 aliphatic carbocycles. The molecule has 98 valence electrons. The third-order valence-corrected chi connectivity index (χ3v) is 4.69. The van der Waals surface area contributed by atoms with Crippen molar-refractivity contribution in [2.45, 2.75) is 31.7 Å². The molecule has 1 amide bonds. The van der Waals surface area contributed by atoms with Gasteiger partial charge < -0.3 is 10.6 Å². The molecule has 5 heteroatoms. The number of halogens is 2. The Kier molecular flexibility index (Phi) is 4.30. The van der Waals surface area contributed by atoms with Crippen molar-refractivity contribution < 1.29 is 4.79 Å². The molecule has 1 fully saturated rings. The predicted molar refractivity (Wildman–Crippen MR) is 78.0 cm³/mol. The summed E-state index contributed by atoms with van der Waals surface area (Å²) in [6.45, 7) is 2.94. The van der Waals surface area contributed by atoms with Crippen LogP contribution < -0.4 is 10.6 Å². The maximum absolute atomic E-state index is 12.3. The van der Waals surface area contributed by atoms with Crippen molar-refractivity contribution in [2.75, 3.05) is 11.9 Å². The minimum absolute atomic E-state index is 0.0286. The number of anilines is 1. The topological polar surface area (TPSA) is 41.1 Å². The third-order valence-electron chi connectivity index (χ3n) is 3.46. The molecule has 1 atom stereocenters. The molecule has 0 saturated carbocycles. The fourth-order valence-electron chi connectivity index (χ4n) is 2.29. The number of hydrogen-bond acceptors (Lipinski definition) is 2. The number of nitrogens with one attached hydrogen (secondary N) is 2. The second kappa shape index (κ2) is 5.59. The second-order valence-corrected chi connectivity index (χ2v) is 5.81. The van der Waals surface area contributed by atoms with E-state index < -0.39 is 5.54 Å². The van der Waals surface area contributed by atoms with Crippen LogP contribution in [0.2, 0.25) is 5.02 Å². The van der Waals surface area contributed by atoms with Crippen molar-refractivity contribution in [3.63, 3.8) is 0 Å². The Morgan fingerprint density at radius 3 is 2.94 bits per heavy atom. The normalized spacial score (nSPS) is 23.1. The Morgan fingerprint density at radius 1 is 1.61 bits per heavy atom. The first-order valence-electron chi connectivity index (χ1n) is 6.09. The Bertz CT molecular complexity index is 458. The lowest BCUT2D eigenvalue weighted by molar-refractivity contribution is -0.122. The fraction of sp³-hybridized carbons (Fsp3) is 0.462. The molecule has 1 saturated heterocycles. The molecule has 1 heterocycles. The summed E-state index contributed by atoms with van der Waals surface area (Å²) in [5, 5.41) is 6.84. The van der Waals surface area contributed by atoms with Crippen LogP contribution in [0.3, 0.4) is 0 Å². The lowest BCUT2D eigenvalue weighted by Gasteiger charge is -2.26. The first-order valence-corrected chi connectivity index (χ1v) is 7.26. The molecule has 0 spiro atoms. The number of hydrogen-bond donors (Lipinski definition) is 2. The van der Waals surface area contributed by atoms with Gasteiger partial charge >= 0.3 is 0 Å². The molecule has 0 radical (unpaired) electrons. The van der Waals surface area contributed by atoms with Gasteiger partial charge in [0.2, 0.25) is 5.91 Å². The lowest BCUT2D eigenvalue weighted by atomic mass is 9.93. The average molecular weight is 332 g/mol. The largest absolute Gasteiger partial charge is 0.324 e. The minimum Gasteiger partial charge on any atom is -0.324 e. The van der Waals surface area contributed by atoms with Gasteiger partial charge in [-0.05, 0) is 59.9 Å². The van der Waals surface area contributed by atoms with Gasteiger partial charge in [0.1, 0.15) is 0 Å². The highest BCUT2D eigenvalue weighted by Gasteiger charge is 2.39. The predicted octanol–water partition coefficient (Wildman–Crippen LogP) is 3.57. The summed E-state index contributed by atoms with van der Waals surface area (Å²) in [7, 11) is 0. The average Bonchev–Trinajstić information content (AvgIpc) is 2.84. The molecular formula is C13H16BrClN2O. The molecule has 18 heavy (non-hydrogen) atoms. The van der Waals surface area contributed by atoms with E-state index in [2.05, 4.69) is 26.6 Å². The Morgan fingerprint density at radius 2 is 2.39 bits per heavy atom. The van der Waals surface area contributed by atoms with E-state index in [0.717, 1.165) is 36.0 Å². The number of benzene rings is 1. The molecular weight excluding hydrogens is 316 g/mol. The molecule has 2 N–H and O–H groups in total. The number of amides is 1. The van der Waals surface area contributed by atoms with Gasteiger partial charge in [-0.3, -0.25) is 4.79 Å². The van der Waals surface area contributed by atoms with Crippen molar-refractivity contribution in [1.29, 1.82) is 0 Å². The van der Waals surface area contributed by atoms with Gasteiger partial charge in [-0.25, -0.2) is 0 Å². The van der Waals surface area contributed by atoms with Crippen LogP contribution in [-0.4, -0.2) is 18.0 Å². The Hall–Kier alpha value is -0.580. The molecule has 0 bridgehead atoms. The smallest absolute Gasteiger partial charge is 0.244 e. The van der Waals surface area contributed by atoms with Gasteiger partial charge in [-0.2, -0.15) is 0 Å². The molecule has 1 aromatic rings. The van der Waals surface area contributed by atoms with Gasteiger partial charge in [0.05, 0.1) is 10.6 Å². The summed E-state index contributed by atoms with van der Waals surface area (Å²) >= 11 is 9.34. The van der Waals surface area contributed by atoms with Gasteiger partial charge in [0.25, 0.3) is 0 Å². The van der Waals surface area contributed by atoms with Crippen LogP contribution in [-0.2, 0) is 4.79 Å². The molecule has 3 nitrogen and oxygen atoms in total. The molecule has 1 aliphatic heterocycles. The van der Waals surface area contributed by atoms with Crippen LogP contribution >= 0.6 is 27.5 Å². The molecule has 1 unspecified atom stereocenters. The van der Waals surface area contributed by atoms with Crippen molar-refractivity contribution in [3.8, 4) is 0 Å². The summed E-state index contributed by atoms with van der Waals surface area (Å²) < 4.78 is 0.825. The van der Waals surface area contributed by atoms with Crippen LogP contribution in [0.1, 0.15) is 26.2 Å². The van der Waals surface area contributed by atoms with E-state index in [9.17, 15) is 4.79 Å². The van der Waals surface area contributed by atoms with Crippen molar-refractivity contribution in [2.24, 2.45) is 0 Å². The zero-order valence-corrected chi connectivity index (χ0v) is 12.6. The SMILES string of the molecule is CCC1(C(=O)Nc2ccc(Br)c(Cl)c2)CCCN1. The summed E-state index contributed by atoms with van der Waals surface area (Å²) in [4.78, 5) is 12.3. The van der Waals surface area contributed by atoms with Crippen LogP contribution in [0.4, 0.5) is 5.69 Å². The zero-order chi connectivity index (χ0) is 13.2. The van der Waals surface area contributed by atoms with Gasteiger partial charge in [0, 0.05) is 10.2 Å². The molecule has 1 aromatic carbocycles. The highest BCUT2D eigenvalue weighted by molar-refractivity contribution is 9.10. The van der Waals surface area contributed by atoms with E-state index in [4.69, 9.17) is 11.6 Å². The first kappa shape index (κ1) is 13.8. The Balaban J connectivity index is 2.13. The highest BCUT2D eigenvalue weighted by atomic mass is 79.9. The Labute approximate surface area is 120 Å². The third kappa shape index (κ3) is 2.71. The molecule has 0 aromatic heterocycles. The minimum atomic E-state index is -0.417. The van der Waals surface area contributed by atoms with Crippen molar-refractivity contribution >= 4 is 39.1 Å². The zero-order valence-electron chi connectivity index (χ0n) is 10.2. The second-order valence-electron chi connectivity index (χ2n) is 4.55. The van der Waals surface area contributed by atoms with Crippen molar-refractivity contribution in [3.05, 3.63) is 27.7 Å². The van der Waals surface area contributed by atoms with Crippen LogP contribution in [0.25, 0.3) is 0 Å². The van der Waals surface area contributed by atoms with E-state index in [1.807, 2.05) is 19.1 Å². The van der Waals surface area contributed by atoms with Gasteiger partial charge in [-0.1, -0.05) is 18.5 Å². The molecule has 1 aliphatic rings. The maximum Gasteiger partial charge on any atom is 0.244 e. The number of carbonyl (C=O) groups excluding carboxylic acids is 1. The van der Waals surface area contributed by atoms with Gasteiger partial charge in [-0.15, -0.1) is 0 Å². The van der Waals surface area contributed by atoms with Crippen molar-refractivity contribution in [1.82, 2.24) is 5.32 Å². The van der Waals surface area contributed by atoms with Gasteiger partial charge in [0.15, 0.2) is 0 Å². The van der Waals surface area contributed by atoms with E-state index in [-0.39, 0.29) is 5.91 Å². The summed E-state index contributed by atoms with van der Waals surface area (Å²) in [6, 6.07) is 5.42. The fourth-order valence-corrected chi connectivity index (χ4v) is 2.71. The standard InChI is InChI=1S/C13H16BrClN2O/c1-2-13(6-3-7-16-13)12(18)17-9-4-5-10(14)11(15)8-9/h4-5,8,16H,2-3,6-7H2,1H3,(H,17,18). The summed E-state index contributed by atoms with van der Waals surface area (Å²) in [5.74, 6) is 0.0286.